The van der Waals surface area contributed by atoms with Crippen LogP contribution in [-0.4, -0.2) is 50.0 Å². The van der Waals surface area contributed by atoms with E-state index in [1.54, 1.807) is 18.4 Å². The molecule has 1 aliphatic heterocycles. The van der Waals surface area contributed by atoms with Crippen LogP contribution in [-0.2, 0) is 4.79 Å². The third-order valence-electron chi connectivity index (χ3n) is 5.18. The highest BCUT2D eigenvalue weighted by Crippen LogP contribution is 2.27. The molecule has 1 unspecified atom stereocenters. The van der Waals surface area contributed by atoms with Crippen molar-refractivity contribution in [3.63, 3.8) is 0 Å². The Balaban J connectivity index is 1.45. The molecule has 1 atom stereocenters. The molecule has 6 nitrogen and oxygen atoms in total. The maximum absolute atomic E-state index is 12.2. The summed E-state index contributed by atoms with van der Waals surface area (Å²) in [7, 11) is 1.75. The molecule has 0 spiro atoms. The standard InChI is InChI=1S/C22H30ClN5OS/c1-16-7-8-18(17(23)14-16)27-21(29)9-10-25-22(24-2)26-15-19(20-6-5-13-30-20)28-11-3-4-12-28/h5-8,13-14,19H,3-4,9-12,15H2,1-2H3,(H,27,29)(H2,24,25,26). The summed E-state index contributed by atoms with van der Waals surface area (Å²) in [4.78, 5) is 20.4. The van der Waals surface area contributed by atoms with Crippen molar-refractivity contribution in [1.29, 1.82) is 0 Å². The molecule has 30 heavy (non-hydrogen) atoms. The number of amides is 1. The van der Waals surface area contributed by atoms with Gasteiger partial charge in [-0.3, -0.25) is 14.7 Å². The quantitative estimate of drug-likeness (QED) is 0.422. The van der Waals surface area contributed by atoms with E-state index in [2.05, 4.69) is 43.4 Å². The van der Waals surface area contributed by atoms with Crippen molar-refractivity contribution in [1.82, 2.24) is 15.5 Å². The highest BCUT2D eigenvalue weighted by Gasteiger charge is 2.24. The number of hydrogen-bond donors (Lipinski definition) is 3. The number of carbonyl (C=O) groups is 1. The lowest BCUT2D eigenvalue weighted by Crippen LogP contribution is -2.43. The average Bonchev–Trinajstić information content (AvgIpc) is 3.44. The van der Waals surface area contributed by atoms with E-state index in [0.29, 0.717) is 35.7 Å². The Morgan fingerprint density at radius 3 is 2.73 bits per heavy atom. The van der Waals surface area contributed by atoms with Crippen LogP contribution in [0, 0.1) is 6.92 Å². The number of hydrogen-bond acceptors (Lipinski definition) is 4. The van der Waals surface area contributed by atoms with Gasteiger partial charge in [-0.15, -0.1) is 11.3 Å². The molecule has 0 aliphatic carbocycles. The van der Waals surface area contributed by atoms with Crippen LogP contribution in [0.25, 0.3) is 0 Å². The Morgan fingerprint density at radius 2 is 2.07 bits per heavy atom. The summed E-state index contributed by atoms with van der Waals surface area (Å²) in [5, 5.41) is 12.2. The Bertz CT molecular complexity index is 849. The second-order valence-electron chi connectivity index (χ2n) is 7.44. The van der Waals surface area contributed by atoms with Gasteiger partial charge in [-0.25, -0.2) is 0 Å². The zero-order valence-electron chi connectivity index (χ0n) is 17.6. The number of nitrogens with one attached hydrogen (secondary N) is 3. The second-order valence-corrected chi connectivity index (χ2v) is 8.82. The van der Waals surface area contributed by atoms with Crippen molar-refractivity contribution in [2.75, 3.05) is 38.5 Å². The van der Waals surface area contributed by atoms with Gasteiger partial charge >= 0.3 is 0 Å². The van der Waals surface area contributed by atoms with E-state index >= 15 is 0 Å². The van der Waals surface area contributed by atoms with Crippen LogP contribution in [0.5, 0.6) is 0 Å². The number of anilines is 1. The minimum Gasteiger partial charge on any atom is -0.356 e. The van der Waals surface area contributed by atoms with Gasteiger partial charge < -0.3 is 16.0 Å². The van der Waals surface area contributed by atoms with Gasteiger partial charge in [0.2, 0.25) is 5.91 Å². The molecule has 1 fully saturated rings. The summed E-state index contributed by atoms with van der Waals surface area (Å²) in [5.74, 6) is 0.620. The molecule has 0 radical (unpaired) electrons. The number of guanidine groups is 1. The van der Waals surface area contributed by atoms with Gasteiger partial charge in [-0.1, -0.05) is 23.7 Å². The number of rotatable bonds is 8. The normalized spacial score (nSPS) is 15.8. The summed E-state index contributed by atoms with van der Waals surface area (Å²) in [6.07, 6.45) is 2.84. The lowest BCUT2D eigenvalue weighted by atomic mass is 10.2. The van der Waals surface area contributed by atoms with Crippen LogP contribution in [0.1, 0.15) is 35.7 Å². The molecule has 2 aromatic rings. The Morgan fingerprint density at radius 1 is 1.27 bits per heavy atom. The summed E-state index contributed by atoms with van der Waals surface area (Å²) in [6.45, 7) is 5.51. The first-order valence-electron chi connectivity index (χ1n) is 10.3. The van der Waals surface area contributed by atoms with Gasteiger partial charge in [0.05, 0.1) is 16.8 Å². The van der Waals surface area contributed by atoms with Gasteiger partial charge in [-0.05, 0) is 62.0 Å². The predicted molar refractivity (Wildman–Crippen MR) is 127 cm³/mol. The maximum Gasteiger partial charge on any atom is 0.226 e. The third kappa shape index (κ3) is 6.45. The van der Waals surface area contributed by atoms with Crippen molar-refractivity contribution in [3.8, 4) is 0 Å². The average molecular weight is 448 g/mol. The van der Waals surface area contributed by atoms with E-state index in [1.165, 1.54) is 17.7 Å². The molecule has 162 valence electrons. The number of carbonyl (C=O) groups excluding carboxylic acids is 1. The smallest absolute Gasteiger partial charge is 0.226 e. The summed E-state index contributed by atoms with van der Waals surface area (Å²) in [6, 6.07) is 10.2. The van der Waals surface area contributed by atoms with Crippen molar-refractivity contribution >= 4 is 40.5 Å². The minimum atomic E-state index is -0.0859. The van der Waals surface area contributed by atoms with E-state index in [0.717, 1.165) is 25.2 Å². The van der Waals surface area contributed by atoms with Gasteiger partial charge in [-0.2, -0.15) is 0 Å². The maximum atomic E-state index is 12.2. The van der Waals surface area contributed by atoms with E-state index in [-0.39, 0.29) is 5.91 Å². The largest absolute Gasteiger partial charge is 0.356 e. The minimum absolute atomic E-state index is 0.0859. The van der Waals surface area contributed by atoms with E-state index in [9.17, 15) is 4.79 Å². The molecule has 8 heteroatoms. The number of nitrogens with zero attached hydrogens (tertiary/aromatic N) is 2. The molecular formula is C22H30ClN5OS. The van der Waals surface area contributed by atoms with Crippen LogP contribution >= 0.6 is 22.9 Å². The van der Waals surface area contributed by atoms with E-state index in [1.807, 2.05) is 25.1 Å². The summed E-state index contributed by atoms with van der Waals surface area (Å²) >= 11 is 7.98. The van der Waals surface area contributed by atoms with Crippen LogP contribution in [0.4, 0.5) is 5.69 Å². The first kappa shape index (κ1) is 22.6. The number of thiophene rings is 1. The molecule has 1 saturated heterocycles. The van der Waals surface area contributed by atoms with Crippen LogP contribution in [0.3, 0.4) is 0 Å². The first-order valence-corrected chi connectivity index (χ1v) is 11.6. The van der Waals surface area contributed by atoms with Crippen molar-refractivity contribution in [2.24, 2.45) is 4.99 Å². The summed E-state index contributed by atoms with van der Waals surface area (Å²) in [5.41, 5.74) is 1.70. The van der Waals surface area contributed by atoms with Crippen LogP contribution in [0.15, 0.2) is 40.7 Å². The zero-order valence-corrected chi connectivity index (χ0v) is 19.2. The number of halogens is 1. The molecule has 3 N–H and O–H groups in total. The lowest BCUT2D eigenvalue weighted by molar-refractivity contribution is -0.116. The van der Waals surface area contributed by atoms with Crippen molar-refractivity contribution in [3.05, 3.63) is 51.2 Å². The number of aliphatic imine (C=N–C) groups is 1. The molecule has 0 saturated carbocycles. The molecule has 1 aliphatic rings. The van der Waals surface area contributed by atoms with Gasteiger partial charge in [0, 0.05) is 31.4 Å². The predicted octanol–water partition coefficient (Wildman–Crippen LogP) is 4.04. The molecule has 1 amide bonds. The van der Waals surface area contributed by atoms with Gasteiger partial charge in [0.15, 0.2) is 5.96 Å². The monoisotopic (exact) mass is 447 g/mol. The van der Waals surface area contributed by atoms with Gasteiger partial charge in [0.1, 0.15) is 0 Å². The number of benzene rings is 1. The fraction of sp³-hybridized carbons (Fsp3) is 0.455. The highest BCUT2D eigenvalue weighted by molar-refractivity contribution is 7.10. The molecule has 1 aromatic heterocycles. The highest BCUT2D eigenvalue weighted by atomic mass is 35.5. The number of aryl methyl sites for hydroxylation is 1. The third-order valence-corrected chi connectivity index (χ3v) is 6.47. The zero-order chi connectivity index (χ0) is 21.3. The van der Waals surface area contributed by atoms with Crippen molar-refractivity contribution in [2.45, 2.75) is 32.2 Å². The second kappa shape index (κ2) is 11.3. The molecule has 1 aromatic carbocycles. The lowest BCUT2D eigenvalue weighted by Gasteiger charge is -2.27. The number of likely N-dealkylation sites (tertiary alicyclic amines) is 1. The van der Waals surface area contributed by atoms with Crippen LogP contribution < -0.4 is 16.0 Å². The Hall–Kier alpha value is -2.09. The van der Waals surface area contributed by atoms with Crippen molar-refractivity contribution < 1.29 is 4.79 Å². The summed E-state index contributed by atoms with van der Waals surface area (Å²) < 4.78 is 0. The fourth-order valence-electron chi connectivity index (χ4n) is 3.59. The molecule has 3 rings (SSSR count). The van der Waals surface area contributed by atoms with E-state index in [4.69, 9.17) is 11.6 Å². The Kier molecular flexibility index (Phi) is 8.54. The van der Waals surface area contributed by atoms with E-state index < -0.39 is 0 Å². The first-order chi connectivity index (χ1) is 14.6. The fourth-order valence-corrected chi connectivity index (χ4v) is 4.73. The SMILES string of the molecule is CN=C(NCCC(=O)Nc1ccc(C)cc1Cl)NCC(c1cccs1)N1CCCC1. The Labute approximate surface area is 187 Å². The topological polar surface area (TPSA) is 68.8 Å². The molecular weight excluding hydrogens is 418 g/mol. The molecule has 0 bridgehead atoms. The molecule has 2 heterocycles. The van der Waals surface area contributed by atoms with Crippen LogP contribution in [0.2, 0.25) is 5.02 Å². The van der Waals surface area contributed by atoms with Gasteiger partial charge in [0.25, 0.3) is 0 Å².